The van der Waals surface area contributed by atoms with Crippen LogP contribution < -0.4 is 11.1 Å². The van der Waals surface area contributed by atoms with Crippen LogP contribution >= 0.6 is 11.3 Å². The molecule has 2 aromatic rings. The second kappa shape index (κ2) is 12.4. The molecule has 0 unspecified atom stereocenters. The molecule has 36 heavy (non-hydrogen) atoms. The van der Waals surface area contributed by atoms with Crippen LogP contribution in [0.3, 0.4) is 0 Å². The minimum absolute atomic E-state index is 0.226. The van der Waals surface area contributed by atoms with E-state index < -0.39 is 0 Å². The third kappa shape index (κ3) is 6.04. The van der Waals surface area contributed by atoms with Crippen molar-refractivity contribution in [3.05, 3.63) is 16.8 Å². The number of hydrogen-bond donors (Lipinski definition) is 2. The number of carbonyl (C=O) groups is 2. The Morgan fingerprint density at radius 2 is 1.86 bits per heavy atom. The Balaban J connectivity index is 0.00000148. The van der Waals surface area contributed by atoms with E-state index in [1.807, 2.05) is 13.8 Å². The summed E-state index contributed by atoms with van der Waals surface area (Å²) in [5, 5.41) is 4.93. The van der Waals surface area contributed by atoms with Gasteiger partial charge in [-0.05, 0) is 56.4 Å². The Morgan fingerprint density at radius 1 is 1.14 bits per heavy atom. The van der Waals surface area contributed by atoms with Crippen molar-refractivity contribution in [2.45, 2.75) is 109 Å². The molecule has 1 atom stereocenters. The van der Waals surface area contributed by atoms with Crippen LogP contribution in [0.15, 0.2) is 6.33 Å². The van der Waals surface area contributed by atoms with Gasteiger partial charge in [-0.3, -0.25) is 9.59 Å². The van der Waals surface area contributed by atoms with Crippen molar-refractivity contribution in [2.24, 2.45) is 5.73 Å². The van der Waals surface area contributed by atoms with Crippen molar-refractivity contribution < 1.29 is 9.59 Å². The van der Waals surface area contributed by atoms with Crippen LogP contribution in [0.4, 0.5) is 5.82 Å². The number of rotatable bonds is 8. The van der Waals surface area contributed by atoms with Gasteiger partial charge in [-0.25, -0.2) is 9.97 Å². The number of nitrogens with two attached hydrogens (primary N) is 1. The number of nitrogens with zero attached hydrogens (tertiary/aromatic N) is 3. The Hall–Kier alpha value is -2.16. The maximum atomic E-state index is 12.6. The van der Waals surface area contributed by atoms with Crippen molar-refractivity contribution in [1.29, 1.82) is 0 Å². The number of fused-ring (bicyclic) bond motifs is 3. The lowest BCUT2D eigenvalue weighted by atomic mass is 9.38. The number of aryl methyl sites for hydroxylation is 1. The van der Waals surface area contributed by atoms with Crippen LogP contribution in [-0.4, -0.2) is 52.5 Å². The molecule has 2 amide bonds. The summed E-state index contributed by atoms with van der Waals surface area (Å²) in [6, 6.07) is 0.400. The summed E-state index contributed by atoms with van der Waals surface area (Å²) in [4.78, 5) is 37.7. The van der Waals surface area contributed by atoms with E-state index in [-0.39, 0.29) is 5.91 Å². The zero-order valence-electron chi connectivity index (χ0n) is 22.2. The molecule has 2 aromatic heterocycles. The third-order valence-electron chi connectivity index (χ3n) is 8.34. The van der Waals surface area contributed by atoms with Crippen molar-refractivity contribution in [3.63, 3.8) is 0 Å². The fraction of sp³-hybridized carbons (Fsp3) is 0.704. The first-order valence-electron chi connectivity index (χ1n) is 14.1. The number of hydrogen-bond acceptors (Lipinski definition) is 6. The number of primary amides is 1. The number of aromatic nitrogens is 2. The van der Waals surface area contributed by atoms with E-state index in [1.165, 1.54) is 15.8 Å². The molecule has 2 aliphatic carbocycles. The highest BCUT2D eigenvalue weighted by Gasteiger charge is 2.32. The SMILES string of the molecule is CB(CC(=O)N1CCCC1)C1CCC(Nc2ncnc3sc4c(c23)[C@@H](CCC(N)=O)CC4)CC1.CC. The molecule has 3 heterocycles. The van der Waals surface area contributed by atoms with Gasteiger partial charge in [0.1, 0.15) is 17.0 Å². The third-order valence-corrected chi connectivity index (χ3v) is 9.52. The molecule has 0 radical (unpaired) electrons. The molecular weight excluding hydrogens is 469 g/mol. The van der Waals surface area contributed by atoms with Gasteiger partial charge < -0.3 is 16.0 Å². The molecule has 1 aliphatic heterocycles. The van der Waals surface area contributed by atoms with Gasteiger partial charge >= 0.3 is 0 Å². The highest BCUT2D eigenvalue weighted by Crippen LogP contribution is 2.47. The van der Waals surface area contributed by atoms with Crippen molar-refractivity contribution in [3.8, 4) is 0 Å². The monoisotopic (exact) mass is 511 g/mol. The maximum absolute atomic E-state index is 12.6. The summed E-state index contributed by atoms with van der Waals surface area (Å²) in [5.74, 6) is 2.07. The molecule has 9 heteroatoms. The van der Waals surface area contributed by atoms with Gasteiger partial charge in [0, 0.05) is 36.7 Å². The number of amides is 2. The minimum atomic E-state index is -0.226. The molecule has 0 aromatic carbocycles. The van der Waals surface area contributed by atoms with Crippen molar-refractivity contribution >= 4 is 45.9 Å². The lowest BCUT2D eigenvalue weighted by molar-refractivity contribution is -0.127. The predicted molar refractivity (Wildman–Crippen MR) is 150 cm³/mol. The quantitative estimate of drug-likeness (QED) is 0.457. The molecular formula is C27H42BN5O2S. The zero-order chi connectivity index (χ0) is 25.7. The van der Waals surface area contributed by atoms with Gasteiger partial charge in [-0.1, -0.05) is 39.3 Å². The number of carbonyl (C=O) groups excluding carboxylic acids is 2. The van der Waals surface area contributed by atoms with Crippen LogP contribution in [0.25, 0.3) is 10.2 Å². The first kappa shape index (κ1) is 26.9. The number of thiophene rings is 1. The fourth-order valence-corrected chi connectivity index (χ4v) is 7.59. The van der Waals surface area contributed by atoms with Crippen LogP contribution in [0, 0.1) is 0 Å². The smallest absolute Gasteiger partial charge is 0.217 e. The first-order chi connectivity index (χ1) is 17.5. The first-order valence-corrected chi connectivity index (χ1v) is 14.9. The Bertz CT molecular complexity index is 1050. The molecule has 2 fully saturated rings. The molecule has 0 spiro atoms. The predicted octanol–water partition coefficient (Wildman–Crippen LogP) is 5.48. The highest BCUT2D eigenvalue weighted by molar-refractivity contribution is 7.19. The molecule has 3 N–H and O–H groups in total. The molecule has 3 aliphatic rings. The number of anilines is 1. The van der Waals surface area contributed by atoms with Gasteiger partial charge in [0.25, 0.3) is 0 Å². The molecule has 0 bridgehead atoms. The topological polar surface area (TPSA) is 101 Å². The van der Waals surface area contributed by atoms with E-state index in [0.717, 1.165) is 81.5 Å². The molecule has 5 rings (SSSR count). The van der Waals surface area contributed by atoms with Gasteiger partial charge in [-0.15, -0.1) is 11.3 Å². The number of nitrogens with one attached hydrogen (secondary N) is 1. The van der Waals surface area contributed by atoms with Crippen LogP contribution in [-0.2, 0) is 16.0 Å². The normalized spacial score (nSPS) is 23.2. The van der Waals surface area contributed by atoms with Crippen LogP contribution in [0.2, 0.25) is 19.0 Å². The lowest BCUT2D eigenvalue weighted by Gasteiger charge is -2.32. The lowest BCUT2D eigenvalue weighted by Crippen LogP contribution is -2.34. The summed E-state index contributed by atoms with van der Waals surface area (Å²) in [5.41, 5.74) is 6.78. The molecule has 196 valence electrons. The van der Waals surface area contributed by atoms with E-state index in [9.17, 15) is 9.59 Å². The second-order valence-corrected chi connectivity index (χ2v) is 11.7. The van der Waals surface area contributed by atoms with E-state index in [2.05, 4.69) is 27.0 Å². The standard InChI is InChI=1S/C25H36BN5O2S.C2H6/c1-26(14-21(33)31-12-2-3-13-31)17-6-8-18(9-7-17)30-24-23-22-16(5-11-20(27)32)4-10-19(22)34-25(23)29-15-28-24;1-2/h15-18H,2-14H2,1H3,(H2,27,32)(H,28,29,30);1-2H3/t16-,17?,18?;/m1./s1. The molecule has 7 nitrogen and oxygen atoms in total. The fourth-order valence-electron chi connectivity index (χ4n) is 6.35. The Labute approximate surface area is 220 Å². The molecule has 1 saturated heterocycles. The van der Waals surface area contributed by atoms with E-state index >= 15 is 0 Å². The largest absolute Gasteiger partial charge is 0.370 e. The Kier molecular flexibility index (Phi) is 9.26. The number of likely N-dealkylation sites (tertiary alicyclic amines) is 1. The van der Waals surface area contributed by atoms with E-state index in [4.69, 9.17) is 5.73 Å². The van der Waals surface area contributed by atoms with Gasteiger partial charge in [0.05, 0.1) is 5.39 Å². The Morgan fingerprint density at radius 3 is 2.56 bits per heavy atom. The maximum Gasteiger partial charge on any atom is 0.217 e. The summed E-state index contributed by atoms with van der Waals surface area (Å²) in [6.45, 7) is 8.61. The summed E-state index contributed by atoms with van der Waals surface area (Å²) in [7, 11) is 0. The summed E-state index contributed by atoms with van der Waals surface area (Å²) in [6.07, 6.45) is 12.6. The van der Waals surface area contributed by atoms with Gasteiger partial charge in [0.2, 0.25) is 11.8 Å². The second-order valence-electron chi connectivity index (χ2n) is 10.6. The highest BCUT2D eigenvalue weighted by atomic mass is 32.1. The van der Waals surface area contributed by atoms with E-state index in [0.29, 0.717) is 43.1 Å². The van der Waals surface area contributed by atoms with Crippen molar-refractivity contribution in [1.82, 2.24) is 14.9 Å². The van der Waals surface area contributed by atoms with Crippen LogP contribution in [0.5, 0.6) is 0 Å². The average molecular weight is 512 g/mol. The zero-order valence-corrected chi connectivity index (χ0v) is 23.0. The summed E-state index contributed by atoms with van der Waals surface area (Å²) >= 11 is 1.78. The molecule has 1 saturated carbocycles. The van der Waals surface area contributed by atoms with Crippen molar-refractivity contribution in [2.75, 3.05) is 18.4 Å². The minimum Gasteiger partial charge on any atom is -0.370 e. The van der Waals surface area contributed by atoms with Gasteiger partial charge in [-0.2, -0.15) is 0 Å². The average Bonchev–Trinajstić information content (AvgIpc) is 3.62. The summed E-state index contributed by atoms with van der Waals surface area (Å²) < 4.78 is 0. The van der Waals surface area contributed by atoms with Gasteiger partial charge in [0.15, 0.2) is 6.71 Å². The van der Waals surface area contributed by atoms with Crippen LogP contribution in [0.1, 0.15) is 88.0 Å². The van der Waals surface area contributed by atoms with E-state index in [1.54, 1.807) is 17.7 Å².